The molecule has 3 amide bonds. The van der Waals surface area contributed by atoms with Crippen LogP contribution >= 0.6 is 0 Å². The van der Waals surface area contributed by atoms with Gasteiger partial charge >= 0.3 is 6.03 Å². The average Bonchev–Trinajstić information content (AvgIpc) is 2.34. The summed E-state index contributed by atoms with van der Waals surface area (Å²) >= 11 is 0. The van der Waals surface area contributed by atoms with Gasteiger partial charge in [-0.3, -0.25) is 15.0 Å². The number of amides is 3. The standard InChI is InChI=1S/C15H29N3O2/c1-5-18(12-9-7-6-8-10-12)11-13(19)16-14(20)17-15(2,3)4/h12H,5-11H2,1-4H3,(H2,16,17,19,20). The van der Waals surface area contributed by atoms with Crippen LogP contribution in [0.25, 0.3) is 0 Å². The normalized spacial score (nSPS) is 17.1. The van der Waals surface area contributed by atoms with Crippen LogP contribution in [0.3, 0.4) is 0 Å². The Labute approximate surface area is 122 Å². The van der Waals surface area contributed by atoms with Crippen LogP contribution in [0.4, 0.5) is 4.79 Å². The molecule has 0 spiro atoms. The fraction of sp³-hybridized carbons (Fsp3) is 0.867. The highest BCUT2D eigenvalue weighted by Crippen LogP contribution is 2.22. The molecule has 116 valence electrons. The first-order valence-electron chi connectivity index (χ1n) is 7.68. The van der Waals surface area contributed by atoms with Crippen LogP contribution in [0, 0.1) is 0 Å². The van der Waals surface area contributed by atoms with Crippen LogP contribution in [0.5, 0.6) is 0 Å². The molecule has 0 radical (unpaired) electrons. The lowest BCUT2D eigenvalue weighted by Crippen LogP contribution is -2.51. The highest BCUT2D eigenvalue weighted by atomic mass is 16.2. The van der Waals surface area contributed by atoms with Gasteiger partial charge in [0.1, 0.15) is 0 Å². The highest BCUT2D eigenvalue weighted by molar-refractivity contribution is 5.95. The summed E-state index contributed by atoms with van der Waals surface area (Å²) in [4.78, 5) is 25.8. The third-order valence-electron chi connectivity index (χ3n) is 3.59. The fourth-order valence-electron chi connectivity index (χ4n) is 2.67. The first-order chi connectivity index (χ1) is 9.31. The zero-order valence-corrected chi connectivity index (χ0v) is 13.3. The Balaban J connectivity index is 2.40. The molecule has 0 aromatic heterocycles. The topological polar surface area (TPSA) is 61.4 Å². The fourth-order valence-corrected chi connectivity index (χ4v) is 2.67. The molecule has 0 aromatic carbocycles. The molecule has 5 heteroatoms. The summed E-state index contributed by atoms with van der Waals surface area (Å²) in [6.45, 7) is 8.88. The number of urea groups is 1. The Morgan fingerprint density at radius 2 is 1.75 bits per heavy atom. The van der Waals surface area contributed by atoms with Crippen molar-refractivity contribution in [3.05, 3.63) is 0 Å². The first-order valence-corrected chi connectivity index (χ1v) is 7.68. The van der Waals surface area contributed by atoms with Gasteiger partial charge in [-0.15, -0.1) is 0 Å². The molecule has 1 saturated carbocycles. The second-order valence-electron chi connectivity index (χ2n) is 6.61. The minimum atomic E-state index is -0.415. The number of hydrogen-bond donors (Lipinski definition) is 2. The number of nitrogens with one attached hydrogen (secondary N) is 2. The van der Waals surface area contributed by atoms with Gasteiger partial charge in [-0.25, -0.2) is 4.79 Å². The summed E-state index contributed by atoms with van der Waals surface area (Å²) in [5.74, 6) is -0.223. The predicted molar refractivity (Wildman–Crippen MR) is 80.5 cm³/mol. The molecule has 0 heterocycles. The second kappa shape index (κ2) is 7.62. The third-order valence-corrected chi connectivity index (χ3v) is 3.59. The minimum absolute atomic E-state index is 0.223. The largest absolute Gasteiger partial charge is 0.333 e. The molecule has 1 fully saturated rings. The summed E-state index contributed by atoms with van der Waals surface area (Å²) in [5.41, 5.74) is -0.335. The maximum Gasteiger partial charge on any atom is 0.321 e. The van der Waals surface area contributed by atoms with Crippen molar-refractivity contribution < 1.29 is 9.59 Å². The number of rotatable bonds is 4. The molecular formula is C15H29N3O2. The van der Waals surface area contributed by atoms with E-state index < -0.39 is 6.03 Å². The van der Waals surface area contributed by atoms with Crippen LogP contribution < -0.4 is 10.6 Å². The minimum Gasteiger partial charge on any atom is -0.333 e. The van der Waals surface area contributed by atoms with E-state index in [4.69, 9.17) is 0 Å². The summed E-state index contributed by atoms with van der Waals surface area (Å²) in [7, 11) is 0. The summed E-state index contributed by atoms with van der Waals surface area (Å²) in [6, 6.07) is 0.0763. The Bertz CT molecular complexity index is 331. The molecule has 0 atom stereocenters. The van der Waals surface area contributed by atoms with Crippen LogP contribution in [0.15, 0.2) is 0 Å². The Morgan fingerprint density at radius 3 is 2.25 bits per heavy atom. The lowest BCUT2D eigenvalue weighted by Gasteiger charge is -2.33. The summed E-state index contributed by atoms with van der Waals surface area (Å²) in [6.07, 6.45) is 6.11. The predicted octanol–water partition coefficient (Wildman–Crippen LogP) is 2.27. The first kappa shape index (κ1) is 17.0. The zero-order chi connectivity index (χ0) is 15.2. The van der Waals surface area contributed by atoms with Crippen molar-refractivity contribution in [2.75, 3.05) is 13.1 Å². The van der Waals surface area contributed by atoms with Crippen LogP contribution in [-0.2, 0) is 4.79 Å². The van der Waals surface area contributed by atoms with Gasteiger partial charge < -0.3 is 5.32 Å². The van der Waals surface area contributed by atoms with E-state index in [1.165, 1.54) is 19.3 Å². The summed E-state index contributed by atoms with van der Waals surface area (Å²) < 4.78 is 0. The molecule has 5 nitrogen and oxygen atoms in total. The monoisotopic (exact) mass is 283 g/mol. The quantitative estimate of drug-likeness (QED) is 0.832. The lowest BCUT2D eigenvalue weighted by molar-refractivity contribution is -0.121. The molecule has 0 saturated heterocycles. The van der Waals surface area contributed by atoms with E-state index in [-0.39, 0.29) is 11.4 Å². The number of carbonyl (C=O) groups excluding carboxylic acids is 2. The van der Waals surface area contributed by atoms with Gasteiger partial charge in [0.25, 0.3) is 0 Å². The Kier molecular flexibility index (Phi) is 6.46. The van der Waals surface area contributed by atoms with E-state index in [1.807, 2.05) is 20.8 Å². The molecule has 20 heavy (non-hydrogen) atoms. The molecule has 0 unspecified atom stereocenters. The highest BCUT2D eigenvalue weighted by Gasteiger charge is 2.23. The molecule has 0 bridgehead atoms. The number of nitrogens with zero attached hydrogens (tertiary/aromatic N) is 1. The number of carbonyl (C=O) groups is 2. The van der Waals surface area contributed by atoms with Gasteiger partial charge in [-0.2, -0.15) is 0 Å². The maximum atomic E-state index is 11.9. The molecule has 0 aromatic rings. The van der Waals surface area contributed by atoms with Crippen molar-refractivity contribution in [1.82, 2.24) is 15.5 Å². The van der Waals surface area contributed by atoms with Crippen molar-refractivity contribution in [2.24, 2.45) is 0 Å². The van der Waals surface area contributed by atoms with Crippen LogP contribution in [0.1, 0.15) is 59.8 Å². The SMILES string of the molecule is CCN(CC(=O)NC(=O)NC(C)(C)C)C1CCCCC1. The smallest absolute Gasteiger partial charge is 0.321 e. The van der Waals surface area contributed by atoms with E-state index in [1.54, 1.807) is 0 Å². The third kappa shape index (κ3) is 6.37. The van der Waals surface area contributed by atoms with Crippen molar-refractivity contribution in [1.29, 1.82) is 0 Å². The van der Waals surface area contributed by atoms with Gasteiger partial charge in [-0.1, -0.05) is 26.2 Å². The maximum absolute atomic E-state index is 11.9. The van der Waals surface area contributed by atoms with E-state index in [9.17, 15) is 9.59 Å². The Hall–Kier alpha value is -1.10. The summed E-state index contributed by atoms with van der Waals surface area (Å²) in [5, 5.41) is 5.14. The van der Waals surface area contributed by atoms with Gasteiger partial charge in [0.2, 0.25) is 5.91 Å². The zero-order valence-electron chi connectivity index (χ0n) is 13.3. The lowest BCUT2D eigenvalue weighted by atomic mass is 9.94. The van der Waals surface area contributed by atoms with E-state index >= 15 is 0 Å². The average molecular weight is 283 g/mol. The van der Waals surface area contributed by atoms with Gasteiger partial charge in [0, 0.05) is 11.6 Å². The van der Waals surface area contributed by atoms with E-state index in [0.29, 0.717) is 12.6 Å². The van der Waals surface area contributed by atoms with E-state index in [2.05, 4.69) is 22.5 Å². The molecular weight excluding hydrogens is 254 g/mol. The second-order valence-corrected chi connectivity index (χ2v) is 6.61. The van der Waals surface area contributed by atoms with Crippen LogP contribution in [-0.4, -0.2) is 41.5 Å². The van der Waals surface area contributed by atoms with Crippen molar-refractivity contribution >= 4 is 11.9 Å². The number of imide groups is 1. The van der Waals surface area contributed by atoms with Crippen molar-refractivity contribution in [3.8, 4) is 0 Å². The van der Waals surface area contributed by atoms with E-state index in [0.717, 1.165) is 19.4 Å². The molecule has 0 aliphatic heterocycles. The van der Waals surface area contributed by atoms with Crippen molar-refractivity contribution in [2.45, 2.75) is 71.4 Å². The molecule has 2 N–H and O–H groups in total. The van der Waals surface area contributed by atoms with Gasteiger partial charge in [0.15, 0.2) is 0 Å². The molecule has 1 aliphatic rings. The molecule has 1 aliphatic carbocycles. The molecule has 1 rings (SSSR count). The van der Waals surface area contributed by atoms with Crippen LogP contribution in [0.2, 0.25) is 0 Å². The van der Waals surface area contributed by atoms with Gasteiger partial charge in [0.05, 0.1) is 6.54 Å². The Morgan fingerprint density at radius 1 is 1.15 bits per heavy atom. The van der Waals surface area contributed by atoms with Crippen molar-refractivity contribution in [3.63, 3.8) is 0 Å². The number of hydrogen-bond acceptors (Lipinski definition) is 3. The number of likely N-dealkylation sites (N-methyl/N-ethyl adjacent to an activating group) is 1. The van der Waals surface area contributed by atoms with Gasteiger partial charge in [-0.05, 0) is 40.2 Å².